The predicted octanol–water partition coefficient (Wildman–Crippen LogP) is -0.0843. The van der Waals surface area contributed by atoms with Crippen molar-refractivity contribution in [2.24, 2.45) is 11.7 Å². The van der Waals surface area contributed by atoms with Gasteiger partial charge in [0.05, 0.1) is 6.33 Å². The van der Waals surface area contributed by atoms with Gasteiger partial charge >= 0.3 is 0 Å². The lowest BCUT2D eigenvalue weighted by molar-refractivity contribution is 0.353. The van der Waals surface area contributed by atoms with Crippen molar-refractivity contribution in [1.82, 2.24) is 9.97 Å². The third-order valence-electron chi connectivity index (χ3n) is 3.45. The summed E-state index contributed by atoms with van der Waals surface area (Å²) in [6.45, 7) is 3.75. The fourth-order valence-electron chi connectivity index (χ4n) is 2.29. The van der Waals surface area contributed by atoms with Gasteiger partial charge in [0.1, 0.15) is 5.69 Å². The number of nitrogens with zero attached hydrogens (tertiary/aromatic N) is 2. The Morgan fingerprint density at radius 2 is 2.18 bits per heavy atom. The van der Waals surface area contributed by atoms with Gasteiger partial charge in [0.15, 0.2) is 5.82 Å². The fourth-order valence-corrected chi connectivity index (χ4v) is 2.29. The summed E-state index contributed by atoms with van der Waals surface area (Å²) in [4.78, 5) is 20.1. The highest BCUT2D eigenvalue weighted by atomic mass is 16.1. The lowest BCUT2D eigenvalue weighted by Crippen LogP contribution is -2.40. The third-order valence-corrected chi connectivity index (χ3v) is 3.45. The van der Waals surface area contributed by atoms with Crippen LogP contribution in [0.2, 0.25) is 0 Å². The summed E-state index contributed by atoms with van der Waals surface area (Å²) in [5, 5.41) is 0. The van der Waals surface area contributed by atoms with Gasteiger partial charge in [-0.3, -0.25) is 4.79 Å². The molecule has 2 rings (SSSR count). The van der Waals surface area contributed by atoms with Crippen molar-refractivity contribution >= 4 is 11.5 Å². The topological polar surface area (TPSA) is 101 Å². The first-order chi connectivity index (χ1) is 8.09. The molecule has 5 N–H and O–H groups in total. The molecule has 1 fully saturated rings. The third kappa shape index (κ3) is 2.41. The van der Waals surface area contributed by atoms with Gasteiger partial charge in [-0.25, -0.2) is 4.98 Å². The highest BCUT2D eigenvalue weighted by molar-refractivity contribution is 5.60. The van der Waals surface area contributed by atoms with E-state index in [1.165, 1.54) is 6.33 Å². The lowest BCUT2D eigenvalue weighted by atomic mass is 9.91. The highest BCUT2D eigenvalue weighted by Gasteiger charge is 2.24. The Hall–Kier alpha value is -1.56. The number of anilines is 2. The Bertz CT molecular complexity index is 434. The van der Waals surface area contributed by atoms with Crippen LogP contribution in [0.3, 0.4) is 0 Å². The molecule has 1 saturated heterocycles. The molecule has 1 aliphatic rings. The van der Waals surface area contributed by atoms with Crippen LogP contribution < -0.4 is 21.9 Å². The molecule has 0 radical (unpaired) electrons. The number of aromatic nitrogens is 2. The molecule has 0 bridgehead atoms. The van der Waals surface area contributed by atoms with Gasteiger partial charge in [0.25, 0.3) is 5.56 Å². The monoisotopic (exact) mass is 237 g/mol. The summed E-state index contributed by atoms with van der Waals surface area (Å²) in [6.07, 6.45) is 3.43. The van der Waals surface area contributed by atoms with Crippen LogP contribution in [0.5, 0.6) is 0 Å². The van der Waals surface area contributed by atoms with E-state index in [1.54, 1.807) is 0 Å². The molecule has 0 aromatic carbocycles. The van der Waals surface area contributed by atoms with E-state index in [1.807, 2.05) is 6.92 Å². The predicted molar refractivity (Wildman–Crippen MR) is 67.9 cm³/mol. The fraction of sp³-hybridized carbons (Fsp3) is 0.636. The van der Waals surface area contributed by atoms with E-state index in [4.69, 9.17) is 11.5 Å². The van der Waals surface area contributed by atoms with E-state index in [-0.39, 0.29) is 17.3 Å². The van der Waals surface area contributed by atoms with Crippen LogP contribution in [-0.4, -0.2) is 29.1 Å². The smallest absolute Gasteiger partial charge is 0.276 e. The second-order valence-corrected chi connectivity index (χ2v) is 4.65. The van der Waals surface area contributed by atoms with E-state index in [0.29, 0.717) is 11.7 Å². The zero-order chi connectivity index (χ0) is 12.4. The molecular formula is C11H19N5O. The quantitative estimate of drug-likeness (QED) is 0.667. The molecule has 0 spiro atoms. The van der Waals surface area contributed by atoms with Gasteiger partial charge in [-0.15, -0.1) is 0 Å². The molecule has 6 heteroatoms. The highest BCUT2D eigenvalue weighted by Crippen LogP contribution is 2.24. The van der Waals surface area contributed by atoms with E-state index in [0.717, 1.165) is 25.9 Å². The Labute approximate surface area is 100 Å². The Morgan fingerprint density at radius 1 is 1.53 bits per heavy atom. The molecule has 1 aliphatic heterocycles. The van der Waals surface area contributed by atoms with E-state index >= 15 is 0 Å². The lowest BCUT2D eigenvalue weighted by Gasteiger charge is -2.34. The van der Waals surface area contributed by atoms with Crippen molar-refractivity contribution in [2.45, 2.75) is 25.8 Å². The number of piperidine rings is 1. The van der Waals surface area contributed by atoms with Crippen molar-refractivity contribution in [3.05, 3.63) is 16.7 Å². The number of rotatable bonds is 2. The van der Waals surface area contributed by atoms with Crippen molar-refractivity contribution in [3.8, 4) is 0 Å². The second-order valence-electron chi connectivity index (χ2n) is 4.65. The van der Waals surface area contributed by atoms with Crippen LogP contribution in [0.1, 0.15) is 19.8 Å². The minimum Gasteiger partial charge on any atom is -0.391 e. The molecule has 94 valence electrons. The molecule has 1 atom stereocenters. The van der Waals surface area contributed by atoms with Crippen LogP contribution in [0.15, 0.2) is 11.1 Å². The molecular weight excluding hydrogens is 218 g/mol. The van der Waals surface area contributed by atoms with Crippen LogP contribution in [0.4, 0.5) is 11.5 Å². The maximum atomic E-state index is 11.4. The van der Waals surface area contributed by atoms with Crippen LogP contribution in [0, 0.1) is 5.92 Å². The maximum absolute atomic E-state index is 11.4. The first-order valence-corrected chi connectivity index (χ1v) is 5.93. The minimum atomic E-state index is -0.274. The number of nitrogens with two attached hydrogens (primary N) is 2. The van der Waals surface area contributed by atoms with Crippen molar-refractivity contribution in [3.63, 3.8) is 0 Å². The first-order valence-electron chi connectivity index (χ1n) is 5.93. The van der Waals surface area contributed by atoms with Gasteiger partial charge in [-0.1, -0.05) is 0 Å². The molecule has 0 aliphatic carbocycles. The summed E-state index contributed by atoms with van der Waals surface area (Å²) < 4.78 is 0. The number of aromatic amines is 1. The number of H-pyrrole nitrogens is 1. The minimum absolute atomic E-state index is 0.201. The average molecular weight is 237 g/mol. The summed E-state index contributed by atoms with van der Waals surface area (Å²) in [5.41, 5.74) is 11.6. The van der Waals surface area contributed by atoms with E-state index in [9.17, 15) is 4.79 Å². The Morgan fingerprint density at radius 3 is 2.76 bits per heavy atom. The second kappa shape index (κ2) is 4.75. The van der Waals surface area contributed by atoms with Gasteiger partial charge in [-0.2, -0.15) is 0 Å². The van der Waals surface area contributed by atoms with Gasteiger partial charge in [0, 0.05) is 19.1 Å². The number of nitrogen functional groups attached to an aromatic ring is 1. The Balaban J connectivity index is 2.11. The van der Waals surface area contributed by atoms with E-state index < -0.39 is 0 Å². The van der Waals surface area contributed by atoms with Crippen LogP contribution >= 0.6 is 0 Å². The molecule has 2 heterocycles. The van der Waals surface area contributed by atoms with E-state index in [2.05, 4.69) is 14.9 Å². The summed E-state index contributed by atoms with van der Waals surface area (Å²) in [7, 11) is 0. The molecule has 6 nitrogen and oxygen atoms in total. The van der Waals surface area contributed by atoms with Gasteiger partial charge in [0.2, 0.25) is 0 Å². The zero-order valence-corrected chi connectivity index (χ0v) is 10.0. The summed E-state index contributed by atoms with van der Waals surface area (Å²) in [5.74, 6) is 1.14. The Kier molecular flexibility index (Phi) is 3.33. The first kappa shape index (κ1) is 11.9. The summed E-state index contributed by atoms with van der Waals surface area (Å²) in [6, 6.07) is 0.224. The van der Waals surface area contributed by atoms with Crippen LogP contribution in [0.25, 0.3) is 0 Å². The molecule has 0 amide bonds. The number of hydrogen-bond acceptors (Lipinski definition) is 5. The summed E-state index contributed by atoms with van der Waals surface area (Å²) >= 11 is 0. The van der Waals surface area contributed by atoms with Gasteiger partial charge < -0.3 is 21.4 Å². The maximum Gasteiger partial charge on any atom is 0.276 e. The standard InChI is InChI=1S/C11H19N5O/c1-7(12)8-2-4-16(5-3-8)10-9(13)11(17)15-6-14-10/h6-8H,2-5,12-13H2,1H3,(H,14,15,17). The number of hydrogen-bond donors (Lipinski definition) is 3. The SMILES string of the molecule is CC(N)C1CCN(c2nc[nH]c(=O)c2N)CC1. The van der Waals surface area contributed by atoms with Gasteiger partial charge in [-0.05, 0) is 25.7 Å². The average Bonchev–Trinajstić information content (AvgIpc) is 2.33. The van der Waals surface area contributed by atoms with Crippen molar-refractivity contribution in [1.29, 1.82) is 0 Å². The normalized spacial score (nSPS) is 19.3. The number of nitrogens with one attached hydrogen (secondary N) is 1. The molecule has 17 heavy (non-hydrogen) atoms. The molecule has 1 aromatic heterocycles. The van der Waals surface area contributed by atoms with Crippen LogP contribution in [-0.2, 0) is 0 Å². The molecule has 0 saturated carbocycles. The molecule has 1 aromatic rings. The largest absolute Gasteiger partial charge is 0.391 e. The van der Waals surface area contributed by atoms with Crippen molar-refractivity contribution in [2.75, 3.05) is 23.7 Å². The van der Waals surface area contributed by atoms with Crippen molar-refractivity contribution < 1.29 is 0 Å². The zero-order valence-electron chi connectivity index (χ0n) is 10.0. The molecule has 1 unspecified atom stereocenters.